The molecule has 0 radical (unpaired) electrons. The van der Waals surface area contributed by atoms with Crippen LogP contribution in [0.2, 0.25) is 0 Å². The van der Waals surface area contributed by atoms with Gasteiger partial charge in [-0.3, -0.25) is 19.4 Å². The largest absolute Gasteiger partial charge is 0.321 e. The molecule has 0 unspecified atom stereocenters. The highest BCUT2D eigenvalue weighted by Gasteiger charge is 2.27. The molecule has 2 N–H and O–H groups in total. The number of fused-ring (bicyclic) bond motifs is 6. The van der Waals surface area contributed by atoms with Crippen molar-refractivity contribution in [2.24, 2.45) is 0 Å². The van der Waals surface area contributed by atoms with E-state index in [9.17, 15) is 8.42 Å². The van der Waals surface area contributed by atoms with Gasteiger partial charge >= 0.3 is 10.2 Å². The molecular weight excluding hydrogens is 302 g/mol. The van der Waals surface area contributed by atoms with Gasteiger partial charge in [-0.15, -0.1) is 0 Å². The van der Waals surface area contributed by atoms with Crippen molar-refractivity contribution >= 4 is 43.4 Å². The van der Waals surface area contributed by atoms with Gasteiger partial charge in [-0.1, -0.05) is 0 Å². The van der Waals surface area contributed by atoms with Crippen LogP contribution in [0.15, 0.2) is 36.7 Å². The Hall–Kier alpha value is -2.92. The van der Waals surface area contributed by atoms with Gasteiger partial charge in [-0.2, -0.15) is 13.7 Å². The number of nitrogens with zero attached hydrogens (tertiary/aromatic N) is 3. The summed E-state index contributed by atoms with van der Waals surface area (Å²) in [6.45, 7) is 1.43. The number of aromatic nitrogens is 2. The second kappa shape index (κ2) is 5.13. The van der Waals surface area contributed by atoms with E-state index in [1.807, 2.05) is 12.1 Å². The Balaban J connectivity index is 0.000000446. The molecule has 0 saturated heterocycles. The summed E-state index contributed by atoms with van der Waals surface area (Å²) in [5.74, 6) is 0. The molecule has 7 nitrogen and oxygen atoms in total. The van der Waals surface area contributed by atoms with Crippen LogP contribution < -0.4 is 9.44 Å². The molecule has 0 aliphatic carbocycles. The predicted octanol–water partition coefficient (Wildman–Crippen LogP) is 2.40. The van der Waals surface area contributed by atoms with Gasteiger partial charge in [0.1, 0.15) is 0 Å². The minimum absolute atomic E-state index is 0.531. The maximum atomic E-state index is 11.7. The fourth-order valence-corrected chi connectivity index (χ4v) is 3.38. The van der Waals surface area contributed by atoms with Gasteiger partial charge in [0, 0.05) is 30.1 Å². The number of nitriles is 1. The predicted molar refractivity (Wildman–Crippen MR) is 84.5 cm³/mol. The summed E-state index contributed by atoms with van der Waals surface area (Å²) in [5.41, 5.74) is 2.43. The van der Waals surface area contributed by atoms with Gasteiger partial charge in [0.05, 0.1) is 28.5 Å². The number of benzene rings is 1. The summed E-state index contributed by atoms with van der Waals surface area (Å²) >= 11 is 0. The zero-order valence-corrected chi connectivity index (χ0v) is 12.3. The van der Waals surface area contributed by atoms with Crippen LogP contribution >= 0.6 is 0 Å². The molecule has 1 aromatic carbocycles. The SMILES string of the molecule is CC#N.O=S1(=O)Nc2c(c3cccnc3c3ncccc23)N1. The molecule has 0 fully saturated rings. The Bertz CT molecular complexity index is 954. The van der Waals surface area contributed by atoms with Crippen LogP contribution in [-0.4, -0.2) is 18.4 Å². The monoisotopic (exact) mass is 313 g/mol. The molecule has 0 bridgehead atoms. The summed E-state index contributed by atoms with van der Waals surface area (Å²) in [7, 11) is -3.54. The molecule has 0 atom stereocenters. The van der Waals surface area contributed by atoms with Gasteiger partial charge in [0.15, 0.2) is 0 Å². The van der Waals surface area contributed by atoms with Gasteiger partial charge < -0.3 is 0 Å². The topological polar surface area (TPSA) is 108 Å². The normalized spacial score (nSPS) is 14.2. The van der Waals surface area contributed by atoms with Gasteiger partial charge in [0.2, 0.25) is 0 Å². The van der Waals surface area contributed by atoms with Crippen molar-refractivity contribution < 1.29 is 8.42 Å². The minimum Gasteiger partial charge on any atom is -0.264 e. The van der Waals surface area contributed by atoms with E-state index in [1.54, 1.807) is 30.6 Å². The van der Waals surface area contributed by atoms with Crippen molar-refractivity contribution in [3.05, 3.63) is 36.7 Å². The van der Waals surface area contributed by atoms with E-state index in [2.05, 4.69) is 19.4 Å². The van der Waals surface area contributed by atoms with E-state index < -0.39 is 10.2 Å². The quantitative estimate of drug-likeness (QED) is 0.620. The lowest BCUT2D eigenvalue weighted by molar-refractivity contribution is 0.607. The van der Waals surface area contributed by atoms with Crippen molar-refractivity contribution in [1.82, 2.24) is 9.97 Å². The van der Waals surface area contributed by atoms with Crippen molar-refractivity contribution in [3.63, 3.8) is 0 Å². The first-order valence-corrected chi connectivity index (χ1v) is 7.82. The molecule has 4 rings (SSSR count). The fourth-order valence-electron chi connectivity index (χ4n) is 2.37. The third-order valence-corrected chi connectivity index (χ3v) is 4.05. The molecule has 3 heterocycles. The van der Waals surface area contributed by atoms with Crippen LogP contribution in [0.25, 0.3) is 21.8 Å². The van der Waals surface area contributed by atoms with Crippen LogP contribution in [0.5, 0.6) is 0 Å². The van der Waals surface area contributed by atoms with Crippen molar-refractivity contribution in [1.29, 1.82) is 5.26 Å². The van der Waals surface area contributed by atoms with E-state index in [-0.39, 0.29) is 0 Å². The average Bonchev–Trinajstić information content (AvgIpc) is 2.84. The lowest BCUT2D eigenvalue weighted by Crippen LogP contribution is -2.12. The molecule has 0 spiro atoms. The van der Waals surface area contributed by atoms with Crippen LogP contribution in [-0.2, 0) is 10.2 Å². The van der Waals surface area contributed by atoms with Crippen molar-refractivity contribution in [3.8, 4) is 6.07 Å². The summed E-state index contributed by atoms with van der Waals surface area (Å²) in [6.07, 6.45) is 3.33. The maximum Gasteiger partial charge on any atom is 0.321 e. The number of nitrogens with one attached hydrogen (secondary N) is 2. The summed E-state index contributed by atoms with van der Waals surface area (Å²) in [6, 6.07) is 8.93. The highest BCUT2D eigenvalue weighted by Crippen LogP contribution is 2.42. The fraction of sp³-hybridized carbons (Fsp3) is 0.0714. The van der Waals surface area contributed by atoms with Crippen LogP contribution in [0.3, 0.4) is 0 Å². The highest BCUT2D eigenvalue weighted by atomic mass is 32.2. The zero-order valence-electron chi connectivity index (χ0n) is 11.5. The summed E-state index contributed by atoms with van der Waals surface area (Å²) in [5, 5.41) is 8.79. The lowest BCUT2D eigenvalue weighted by Gasteiger charge is -2.07. The summed E-state index contributed by atoms with van der Waals surface area (Å²) < 4.78 is 28.4. The molecule has 0 saturated carbocycles. The molecule has 22 heavy (non-hydrogen) atoms. The van der Waals surface area contributed by atoms with E-state index in [4.69, 9.17) is 5.26 Å². The molecular formula is C14H11N5O2S. The average molecular weight is 313 g/mol. The number of hydrogen-bond acceptors (Lipinski definition) is 5. The molecule has 110 valence electrons. The Kier molecular flexibility index (Phi) is 3.27. The summed E-state index contributed by atoms with van der Waals surface area (Å²) in [4.78, 5) is 8.62. The highest BCUT2D eigenvalue weighted by molar-refractivity contribution is 7.94. The third-order valence-electron chi connectivity index (χ3n) is 3.10. The Morgan fingerprint density at radius 1 is 1.00 bits per heavy atom. The van der Waals surface area contributed by atoms with E-state index in [0.717, 1.165) is 10.8 Å². The van der Waals surface area contributed by atoms with Crippen LogP contribution in [0.4, 0.5) is 11.4 Å². The first-order valence-electron chi connectivity index (χ1n) is 6.34. The standard InChI is InChI=1S/C12H8N4O2S.C2H3N/c17-19(18)15-11-7-3-1-5-13-9(7)10-8(12(11)16-19)4-2-6-14-10;1-2-3/h1-6,15-16H;1H3. The van der Waals surface area contributed by atoms with Gasteiger partial charge in [0.25, 0.3) is 0 Å². The first-order chi connectivity index (χ1) is 10.6. The third kappa shape index (κ3) is 2.17. The number of hydrogen-bond donors (Lipinski definition) is 2. The van der Waals surface area contributed by atoms with Crippen LogP contribution in [0.1, 0.15) is 6.92 Å². The lowest BCUT2D eigenvalue weighted by atomic mass is 10.1. The van der Waals surface area contributed by atoms with Crippen LogP contribution in [0, 0.1) is 11.3 Å². The Morgan fingerprint density at radius 2 is 1.41 bits per heavy atom. The molecule has 8 heteroatoms. The first kappa shape index (κ1) is 14.0. The Morgan fingerprint density at radius 3 is 1.82 bits per heavy atom. The molecule has 2 aromatic heterocycles. The van der Waals surface area contributed by atoms with Gasteiger partial charge in [-0.05, 0) is 24.3 Å². The Labute approximate surface area is 126 Å². The minimum atomic E-state index is -3.54. The molecule has 1 aliphatic rings. The molecule has 3 aromatic rings. The molecule has 0 amide bonds. The number of anilines is 2. The smallest absolute Gasteiger partial charge is 0.264 e. The van der Waals surface area contributed by atoms with E-state index in [1.165, 1.54) is 6.92 Å². The second-order valence-corrected chi connectivity index (χ2v) is 5.90. The molecule has 1 aliphatic heterocycles. The zero-order chi connectivity index (χ0) is 15.7. The van der Waals surface area contributed by atoms with Gasteiger partial charge in [-0.25, -0.2) is 0 Å². The number of pyridine rings is 2. The van der Waals surface area contributed by atoms with E-state index in [0.29, 0.717) is 22.4 Å². The number of rotatable bonds is 0. The van der Waals surface area contributed by atoms with Crippen molar-refractivity contribution in [2.45, 2.75) is 6.92 Å². The maximum absolute atomic E-state index is 11.7. The van der Waals surface area contributed by atoms with Crippen molar-refractivity contribution in [2.75, 3.05) is 9.44 Å². The second-order valence-electron chi connectivity index (χ2n) is 4.48. The van der Waals surface area contributed by atoms with E-state index >= 15 is 0 Å².